The van der Waals surface area contributed by atoms with Crippen molar-refractivity contribution in [3.05, 3.63) is 23.3 Å². The van der Waals surface area contributed by atoms with Gasteiger partial charge in [0.05, 0.1) is 0 Å². The van der Waals surface area contributed by atoms with Crippen LogP contribution in [0.2, 0.25) is 0 Å². The zero-order chi connectivity index (χ0) is 14.0. The molecule has 0 fully saturated rings. The minimum Gasteiger partial charge on any atom is -0.0995 e. The summed E-state index contributed by atoms with van der Waals surface area (Å²) in [6.07, 6.45) is 10.1. The minimum absolute atomic E-state index is 0.769. The van der Waals surface area contributed by atoms with Crippen molar-refractivity contribution in [2.75, 3.05) is 0 Å². The topological polar surface area (TPSA) is 0 Å². The highest BCUT2D eigenvalue weighted by molar-refractivity contribution is 5.19. The molecule has 0 radical (unpaired) electrons. The number of unbranched alkanes of at least 4 members (excludes halogenated alkanes) is 2. The van der Waals surface area contributed by atoms with Gasteiger partial charge in [-0.2, -0.15) is 0 Å². The highest BCUT2D eigenvalue weighted by Gasteiger charge is 2.07. The quantitative estimate of drug-likeness (QED) is 0.379. The predicted octanol–water partition coefficient (Wildman–Crippen LogP) is 6.68. The second-order valence-corrected chi connectivity index (χ2v) is 6.12. The zero-order valence-corrected chi connectivity index (χ0v) is 13.4. The Morgan fingerprint density at radius 3 is 2.06 bits per heavy atom. The van der Waals surface area contributed by atoms with Gasteiger partial charge in [-0.15, -0.1) is 0 Å². The number of hydrogen-bond acceptors (Lipinski definition) is 0. The Morgan fingerprint density at radius 1 is 1.00 bits per heavy atom. The van der Waals surface area contributed by atoms with Gasteiger partial charge in [0.1, 0.15) is 0 Å². The predicted molar refractivity (Wildman–Crippen MR) is 85.0 cm³/mol. The van der Waals surface area contributed by atoms with E-state index in [9.17, 15) is 0 Å². The molecular weight excluding hydrogens is 216 g/mol. The van der Waals surface area contributed by atoms with Gasteiger partial charge in [0, 0.05) is 0 Å². The molecule has 18 heavy (non-hydrogen) atoms. The van der Waals surface area contributed by atoms with E-state index in [1.807, 2.05) is 0 Å². The van der Waals surface area contributed by atoms with E-state index in [2.05, 4.69) is 41.2 Å². The molecule has 106 valence electrons. The van der Waals surface area contributed by atoms with E-state index < -0.39 is 0 Å². The van der Waals surface area contributed by atoms with Crippen LogP contribution in [-0.4, -0.2) is 0 Å². The molecule has 0 aliphatic carbocycles. The van der Waals surface area contributed by atoms with Gasteiger partial charge in [0.25, 0.3) is 0 Å². The van der Waals surface area contributed by atoms with Gasteiger partial charge in [-0.3, -0.25) is 0 Å². The van der Waals surface area contributed by atoms with Crippen molar-refractivity contribution in [2.24, 2.45) is 5.92 Å². The maximum Gasteiger partial charge on any atom is -0.0109 e. The summed E-state index contributed by atoms with van der Waals surface area (Å²) in [5, 5.41) is 0. The van der Waals surface area contributed by atoms with Crippen molar-refractivity contribution in [3.8, 4) is 0 Å². The van der Waals surface area contributed by atoms with Gasteiger partial charge in [0.2, 0.25) is 0 Å². The summed E-state index contributed by atoms with van der Waals surface area (Å²) in [4.78, 5) is 0. The molecule has 0 amide bonds. The highest BCUT2D eigenvalue weighted by Crippen LogP contribution is 2.26. The Morgan fingerprint density at radius 2 is 1.56 bits per heavy atom. The van der Waals surface area contributed by atoms with E-state index in [0.29, 0.717) is 0 Å². The van der Waals surface area contributed by atoms with Gasteiger partial charge in [0.15, 0.2) is 0 Å². The molecule has 0 bridgehead atoms. The fourth-order valence-corrected chi connectivity index (χ4v) is 2.42. The fraction of sp³-hybridized carbons (Fsp3) is 0.778. The van der Waals surface area contributed by atoms with E-state index in [4.69, 9.17) is 0 Å². The third kappa shape index (κ3) is 8.55. The third-order valence-corrected chi connectivity index (χ3v) is 3.50. The Labute approximate surface area is 116 Å². The largest absolute Gasteiger partial charge is 0.0995 e. The minimum atomic E-state index is 0.769. The van der Waals surface area contributed by atoms with Crippen LogP contribution in [0.15, 0.2) is 23.3 Å². The number of allylic oxidation sites excluding steroid dienone is 3. The summed E-state index contributed by atoms with van der Waals surface area (Å²) in [5.41, 5.74) is 4.73. The first-order valence-electron chi connectivity index (χ1n) is 7.85. The van der Waals surface area contributed by atoms with Crippen molar-refractivity contribution < 1.29 is 0 Å². The Balaban J connectivity index is 4.51. The number of rotatable bonds is 10. The molecule has 0 aromatic carbocycles. The van der Waals surface area contributed by atoms with Gasteiger partial charge >= 0.3 is 0 Å². The van der Waals surface area contributed by atoms with Crippen LogP contribution in [0.1, 0.15) is 86.0 Å². The smallest absolute Gasteiger partial charge is 0.0109 e. The molecule has 0 N–H and O–H groups in total. The van der Waals surface area contributed by atoms with E-state index in [-0.39, 0.29) is 0 Å². The monoisotopic (exact) mass is 250 g/mol. The van der Waals surface area contributed by atoms with Gasteiger partial charge in [-0.05, 0) is 51.4 Å². The van der Waals surface area contributed by atoms with Crippen LogP contribution in [-0.2, 0) is 0 Å². The lowest BCUT2D eigenvalue weighted by Crippen LogP contribution is -1.97. The fourth-order valence-electron chi connectivity index (χ4n) is 2.42. The molecule has 0 rings (SSSR count). The van der Waals surface area contributed by atoms with Crippen LogP contribution in [0.25, 0.3) is 0 Å². The second kappa shape index (κ2) is 10.4. The molecule has 0 aliphatic rings. The van der Waals surface area contributed by atoms with Crippen LogP contribution < -0.4 is 0 Å². The van der Waals surface area contributed by atoms with E-state index in [1.165, 1.54) is 50.5 Å². The average molecular weight is 250 g/mol. The van der Waals surface area contributed by atoms with Crippen molar-refractivity contribution in [1.82, 2.24) is 0 Å². The van der Waals surface area contributed by atoms with Gasteiger partial charge < -0.3 is 0 Å². The zero-order valence-electron chi connectivity index (χ0n) is 13.4. The normalized spacial score (nSPS) is 12.8. The van der Waals surface area contributed by atoms with Crippen molar-refractivity contribution in [2.45, 2.75) is 86.0 Å². The van der Waals surface area contributed by atoms with E-state index in [1.54, 1.807) is 11.1 Å². The van der Waals surface area contributed by atoms with Crippen molar-refractivity contribution in [3.63, 3.8) is 0 Å². The summed E-state index contributed by atoms with van der Waals surface area (Å²) in [7, 11) is 0. The van der Waals surface area contributed by atoms with Crippen LogP contribution >= 0.6 is 0 Å². The first-order chi connectivity index (χ1) is 8.51. The highest BCUT2D eigenvalue weighted by atomic mass is 14.1. The maximum atomic E-state index is 4.27. The second-order valence-electron chi connectivity index (χ2n) is 6.12. The van der Waals surface area contributed by atoms with E-state index in [0.717, 1.165) is 12.3 Å². The lowest BCUT2D eigenvalue weighted by Gasteiger charge is -2.15. The molecule has 0 spiro atoms. The molecular formula is C18H34. The summed E-state index contributed by atoms with van der Waals surface area (Å²) in [6.45, 7) is 15.8. The van der Waals surface area contributed by atoms with Gasteiger partial charge in [-0.1, -0.05) is 63.8 Å². The molecule has 0 aliphatic heterocycles. The molecule has 0 saturated heterocycles. The maximum absolute atomic E-state index is 4.27. The van der Waals surface area contributed by atoms with Gasteiger partial charge in [-0.25, -0.2) is 0 Å². The lowest BCUT2D eigenvalue weighted by atomic mass is 9.91. The lowest BCUT2D eigenvalue weighted by molar-refractivity contribution is 0.628. The first-order valence-corrected chi connectivity index (χ1v) is 7.85. The molecule has 0 heteroatoms. The molecule has 0 heterocycles. The van der Waals surface area contributed by atoms with E-state index >= 15 is 0 Å². The van der Waals surface area contributed by atoms with Crippen molar-refractivity contribution in [1.29, 1.82) is 0 Å². The number of hydrogen-bond donors (Lipinski definition) is 0. The van der Waals surface area contributed by atoms with Crippen LogP contribution in [0.5, 0.6) is 0 Å². The molecule has 0 unspecified atom stereocenters. The standard InChI is InChI=1S/C18H34/c1-7-9-11-16(5)14-18(12-10-8-2)17(6)13-15(3)4/h15H,5,7-14H2,1-4,6H3/b18-17+. The van der Waals surface area contributed by atoms with Crippen LogP contribution in [0.3, 0.4) is 0 Å². The molecule has 0 atom stereocenters. The summed E-state index contributed by atoms with van der Waals surface area (Å²) >= 11 is 0. The Kier molecular flexibility index (Phi) is 10.1. The Bertz CT molecular complexity index is 255. The average Bonchev–Trinajstić information content (AvgIpc) is 2.30. The third-order valence-electron chi connectivity index (χ3n) is 3.50. The molecule has 0 aromatic heterocycles. The molecule has 0 aromatic rings. The summed E-state index contributed by atoms with van der Waals surface area (Å²) < 4.78 is 0. The SMILES string of the molecule is C=C(CCCC)C/C(CCCC)=C(\C)CC(C)C. The van der Waals surface area contributed by atoms with Crippen LogP contribution in [0.4, 0.5) is 0 Å². The first kappa shape index (κ1) is 17.5. The van der Waals surface area contributed by atoms with Crippen molar-refractivity contribution >= 4 is 0 Å². The molecule has 0 saturated carbocycles. The summed E-state index contributed by atoms with van der Waals surface area (Å²) in [6, 6.07) is 0. The Hall–Kier alpha value is -0.520. The summed E-state index contributed by atoms with van der Waals surface area (Å²) in [5.74, 6) is 0.769. The van der Waals surface area contributed by atoms with Crippen LogP contribution in [0, 0.1) is 5.92 Å². The molecule has 0 nitrogen and oxygen atoms in total.